The molecule has 1 fully saturated rings. The van der Waals surface area contributed by atoms with Gasteiger partial charge in [-0.05, 0) is 48.6 Å². The Morgan fingerprint density at radius 2 is 1.93 bits per heavy atom. The van der Waals surface area contributed by atoms with Crippen LogP contribution in [0.3, 0.4) is 0 Å². The monoisotopic (exact) mass is 423 g/mol. The molecule has 29 heavy (non-hydrogen) atoms. The van der Waals surface area contributed by atoms with Crippen LogP contribution in [0.25, 0.3) is 5.52 Å². The first-order valence-corrected chi connectivity index (χ1v) is 10.2. The minimum Gasteiger partial charge on any atom is -0.364 e. The van der Waals surface area contributed by atoms with E-state index in [-0.39, 0.29) is 23.5 Å². The van der Waals surface area contributed by atoms with E-state index in [1.807, 2.05) is 0 Å². The van der Waals surface area contributed by atoms with Crippen LogP contribution < -0.4 is 16.4 Å². The Labute approximate surface area is 168 Å². The molecule has 1 aliphatic carbocycles. The molecule has 4 N–H and O–H groups in total. The van der Waals surface area contributed by atoms with E-state index in [1.54, 1.807) is 18.2 Å². The van der Waals surface area contributed by atoms with Gasteiger partial charge in [0.05, 0.1) is 11.2 Å². The zero-order valence-electron chi connectivity index (χ0n) is 15.4. The molecule has 154 valence electrons. The van der Waals surface area contributed by atoms with Crippen molar-refractivity contribution in [1.82, 2.24) is 9.61 Å². The maximum atomic E-state index is 13.1. The standard InChI is InChI=1S/C19H20F3N5OS/c20-19(21,22)17-14(9-10-29-17)25-18(28)15-7-5-11-6-8-16(26-27(11)15)24-13-4-2-1-3-12(13)23/h5-10,12-13H,1-4,23H2,(H,24,26)(H,25,28)/t12-,13+/m0/s1. The second-order valence-electron chi connectivity index (χ2n) is 7.09. The number of amides is 1. The highest BCUT2D eigenvalue weighted by Crippen LogP contribution is 2.39. The molecule has 10 heteroatoms. The van der Waals surface area contributed by atoms with Crippen molar-refractivity contribution in [2.75, 3.05) is 10.6 Å². The lowest BCUT2D eigenvalue weighted by Gasteiger charge is -2.29. The summed E-state index contributed by atoms with van der Waals surface area (Å²) < 4.78 is 40.6. The van der Waals surface area contributed by atoms with Crippen molar-refractivity contribution in [3.8, 4) is 0 Å². The van der Waals surface area contributed by atoms with Crippen LogP contribution in [0.1, 0.15) is 41.0 Å². The minimum absolute atomic E-state index is 0.0352. The Hall–Kier alpha value is -2.59. The van der Waals surface area contributed by atoms with Gasteiger partial charge in [-0.3, -0.25) is 4.79 Å². The maximum Gasteiger partial charge on any atom is 0.427 e. The molecule has 0 saturated heterocycles. The van der Waals surface area contributed by atoms with Gasteiger partial charge in [0.2, 0.25) is 0 Å². The van der Waals surface area contributed by atoms with Crippen molar-refractivity contribution < 1.29 is 18.0 Å². The zero-order valence-corrected chi connectivity index (χ0v) is 16.2. The molecule has 0 aliphatic heterocycles. The van der Waals surface area contributed by atoms with Crippen LogP contribution in [0, 0.1) is 0 Å². The van der Waals surface area contributed by atoms with Crippen molar-refractivity contribution >= 4 is 34.3 Å². The van der Waals surface area contributed by atoms with Crippen molar-refractivity contribution in [2.24, 2.45) is 5.73 Å². The maximum absolute atomic E-state index is 13.1. The molecule has 1 aliphatic rings. The van der Waals surface area contributed by atoms with E-state index in [2.05, 4.69) is 15.7 Å². The molecular formula is C19H20F3N5OS. The van der Waals surface area contributed by atoms with Crippen LogP contribution in [-0.4, -0.2) is 27.6 Å². The number of alkyl halides is 3. The van der Waals surface area contributed by atoms with Crippen LogP contribution in [0.5, 0.6) is 0 Å². The molecular weight excluding hydrogens is 403 g/mol. The summed E-state index contributed by atoms with van der Waals surface area (Å²) in [4.78, 5) is 11.8. The van der Waals surface area contributed by atoms with Gasteiger partial charge in [-0.15, -0.1) is 16.4 Å². The number of nitrogens with zero attached hydrogens (tertiary/aromatic N) is 2. The van der Waals surface area contributed by atoms with Crippen LogP contribution in [0.15, 0.2) is 35.7 Å². The lowest BCUT2D eigenvalue weighted by Crippen LogP contribution is -2.42. The van der Waals surface area contributed by atoms with Crippen molar-refractivity contribution in [3.63, 3.8) is 0 Å². The van der Waals surface area contributed by atoms with Gasteiger partial charge in [0.15, 0.2) is 0 Å². The second kappa shape index (κ2) is 7.68. The lowest BCUT2D eigenvalue weighted by atomic mass is 9.91. The first-order valence-electron chi connectivity index (χ1n) is 9.30. The normalized spacial score (nSPS) is 20.0. The van der Waals surface area contributed by atoms with Gasteiger partial charge in [-0.2, -0.15) is 13.2 Å². The molecule has 0 unspecified atom stereocenters. The number of nitrogens with two attached hydrogens (primary N) is 1. The molecule has 1 saturated carbocycles. The fraction of sp³-hybridized carbons (Fsp3) is 0.368. The first kappa shape index (κ1) is 19.7. The fourth-order valence-corrected chi connectivity index (χ4v) is 4.30. The quantitative estimate of drug-likeness (QED) is 0.583. The number of nitrogens with one attached hydrogen (secondary N) is 2. The van der Waals surface area contributed by atoms with Gasteiger partial charge in [0.1, 0.15) is 16.4 Å². The second-order valence-corrected chi connectivity index (χ2v) is 8.00. The van der Waals surface area contributed by atoms with E-state index in [4.69, 9.17) is 5.73 Å². The highest BCUT2D eigenvalue weighted by Gasteiger charge is 2.35. The molecule has 3 aromatic rings. The summed E-state index contributed by atoms with van der Waals surface area (Å²) in [5.74, 6) is -0.0930. The number of carbonyl (C=O) groups is 1. The van der Waals surface area contributed by atoms with E-state index in [9.17, 15) is 18.0 Å². The number of aromatic nitrogens is 2. The van der Waals surface area contributed by atoms with Crippen LogP contribution in [0.2, 0.25) is 0 Å². The molecule has 0 aromatic carbocycles. The van der Waals surface area contributed by atoms with Gasteiger partial charge in [0.25, 0.3) is 5.91 Å². The third-order valence-electron chi connectivity index (χ3n) is 5.06. The summed E-state index contributed by atoms with van der Waals surface area (Å²) in [6.07, 6.45) is -0.438. The Morgan fingerprint density at radius 3 is 2.69 bits per heavy atom. The molecule has 2 atom stereocenters. The number of rotatable bonds is 4. The summed E-state index contributed by atoms with van der Waals surface area (Å²) in [5, 5.41) is 11.4. The van der Waals surface area contributed by atoms with Crippen LogP contribution in [0.4, 0.5) is 24.7 Å². The first-order chi connectivity index (χ1) is 13.8. The summed E-state index contributed by atoms with van der Waals surface area (Å²) in [6, 6.07) is 8.20. The van der Waals surface area contributed by atoms with E-state index in [0.717, 1.165) is 25.7 Å². The highest BCUT2D eigenvalue weighted by molar-refractivity contribution is 7.10. The van der Waals surface area contributed by atoms with E-state index in [0.29, 0.717) is 22.7 Å². The molecule has 0 bridgehead atoms. The van der Waals surface area contributed by atoms with E-state index < -0.39 is 17.0 Å². The Bertz CT molecular complexity index is 1030. The predicted octanol–water partition coefficient (Wildman–Crippen LogP) is 4.35. The van der Waals surface area contributed by atoms with Gasteiger partial charge in [0, 0.05) is 12.1 Å². The Balaban J connectivity index is 1.58. The molecule has 4 rings (SSSR count). The minimum atomic E-state index is -4.52. The topological polar surface area (TPSA) is 84.4 Å². The molecule has 6 nitrogen and oxygen atoms in total. The number of anilines is 2. The van der Waals surface area contributed by atoms with Gasteiger partial charge < -0.3 is 16.4 Å². The Morgan fingerprint density at radius 1 is 1.17 bits per heavy atom. The van der Waals surface area contributed by atoms with Gasteiger partial charge >= 0.3 is 6.18 Å². The predicted molar refractivity (Wildman–Crippen MR) is 106 cm³/mol. The van der Waals surface area contributed by atoms with Gasteiger partial charge in [-0.25, -0.2) is 4.52 Å². The molecule has 0 radical (unpaired) electrons. The number of hydrogen-bond acceptors (Lipinski definition) is 5. The number of halogens is 3. The summed E-state index contributed by atoms with van der Waals surface area (Å²) >= 11 is 0.537. The number of fused-ring (bicyclic) bond motifs is 1. The molecule has 0 spiro atoms. The smallest absolute Gasteiger partial charge is 0.364 e. The third kappa shape index (κ3) is 4.08. The SMILES string of the molecule is N[C@H]1CCCC[C@H]1Nc1ccc2ccc(C(=O)Nc3ccsc3C(F)(F)F)n2n1. The zero-order chi connectivity index (χ0) is 20.6. The summed E-state index contributed by atoms with van der Waals surface area (Å²) in [5.41, 5.74) is 6.72. The average Bonchev–Trinajstić information content (AvgIpc) is 3.30. The van der Waals surface area contributed by atoms with E-state index >= 15 is 0 Å². The Kier molecular flexibility index (Phi) is 5.22. The fourth-order valence-electron chi connectivity index (χ4n) is 3.58. The van der Waals surface area contributed by atoms with Crippen molar-refractivity contribution in [1.29, 1.82) is 0 Å². The largest absolute Gasteiger partial charge is 0.427 e. The van der Waals surface area contributed by atoms with Crippen molar-refractivity contribution in [2.45, 2.75) is 43.9 Å². The average molecular weight is 423 g/mol. The molecule has 1 amide bonds. The summed E-state index contributed by atoms with van der Waals surface area (Å²) in [6.45, 7) is 0. The lowest BCUT2D eigenvalue weighted by molar-refractivity contribution is -0.133. The van der Waals surface area contributed by atoms with E-state index in [1.165, 1.54) is 22.0 Å². The van der Waals surface area contributed by atoms with Crippen molar-refractivity contribution in [3.05, 3.63) is 46.3 Å². The van der Waals surface area contributed by atoms with Crippen LogP contribution >= 0.6 is 11.3 Å². The molecule has 3 heterocycles. The van der Waals surface area contributed by atoms with Crippen LogP contribution in [-0.2, 0) is 6.18 Å². The number of thiophene rings is 1. The van der Waals surface area contributed by atoms with Gasteiger partial charge in [-0.1, -0.05) is 12.8 Å². The summed E-state index contributed by atoms with van der Waals surface area (Å²) in [7, 11) is 0. The number of carbonyl (C=O) groups excluding carboxylic acids is 1. The molecule has 3 aromatic heterocycles. The third-order valence-corrected chi connectivity index (χ3v) is 6.02. The number of hydrogen-bond donors (Lipinski definition) is 3. The highest BCUT2D eigenvalue weighted by atomic mass is 32.1.